The first kappa shape index (κ1) is 61.7. The van der Waals surface area contributed by atoms with Crippen molar-refractivity contribution in [2.45, 2.75) is 180 Å². The van der Waals surface area contributed by atoms with Crippen molar-refractivity contribution in [1.82, 2.24) is 30.2 Å². The number of halogens is 1. The van der Waals surface area contributed by atoms with E-state index in [1.807, 2.05) is 41.5 Å². The summed E-state index contributed by atoms with van der Waals surface area (Å²) in [4.78, 5) is 114. The fraction of sp³-hybridized carbons (Fsp3) is 0.736. The lowest BCUT2D eigenvalue weighted by Crippen LogP contribution is -2.60. The normalized spacial score (nSPS) is 19.4. The van der Waals surface area contributed by atoms with E-state index >= 15 is 0 Å². The van der Waals surface area contributed by atoms with Crippen molar-refractivity contribution in [1.29, 1.82) is 0 Å². The van der Waals surface area contributed by atoms with Crippen LogP contribution in [0.4, 0.5) is 4.39 Å². The number of carbonyl (C=O) groups is 8. The Bertz CT molecular complexity index is 1990. The highest BCUT2D eigenvalue weighted by Gasteiger charge is 2.44. The summed E-state index contributed by atoms with van der Waals surface area (Å²) in [6.07, 6.45) is 3.91. The highest BCUT2D eigenvalue weighted by molar-refractivity contribution is 8.00. The predicted molar refractivity (Wildman–Crippen MR) is 275 cm³/mol. The molecular weight excluding hydrogens is 948 g/mol. The number of likely N-dealkylation sites (tertiary alicyclic amines) is 2. The van der Waals surface area contributed by atoms with Gasteiger partial charge in [-0.1, -0.05) is 92.9 Å². The number of ether oxygens (including phenoxy) is 2. The molecule has 10 atom stereocenters. The molecule has 2 heterocycles. The van der Waals surface area contributed by atoms with Gasteiger partial charge in [-0.05, 0) is 67.2 Å². The third-order valence-electron chi connectivity index (χ3n) is 14.5. The van der Waals surface area contributed by atoms with Crippen LogP contribution in [0.2, 0.25) is 0 Å². The van der Waals surface area contributed by atoms with Crippen molar-refractivity contribution in [2.75, 3.05) is 47.2 Å². The number of nitrogens with one attached hydrogen (secondary N) is 2. The Morgan fingerprint density at radius 3 is 2.15 bits per heavy atom. The summed E-state index contributed by atoms with van der Waals surface area (Å²) in [5.74, 6) is -5.06. The summed E-state index contributed by atoms with van der Waals surface area (Å²) in [6, 6.07) is 1.33. The summed E-state index contributed by atoms with van der Waals surface area (Å²) in [7, 11) is 6.15. The van der Waals surface area contributed by atoms with Crippen LogP contribution in [0.3, 0.4) is 0 Å². The molecule has 0 bridgehead atoms. The summed E-state index contributed by atoms with van der Waals surface area (Å²) in [6.45, 7) is 15.6. The van der Waals surface area contributed by atoms with Crippen molar-refractivity contribution >= 4 is 59.1 Å². The average molecular weight is 1030 g/mol. The fourth-order valence-corrected chi connectivity index (χ4v) is 11.3. The molecule has 7 amide bonds. The van der Waals surface area contributed by atoms with E-state index in [4.69, 9.17) is 9.47 Å². The van der Waals surface area contributed by atoms with Gasteiger partial charge < -0.3 is 39.9 Å². The van der Waals surface area contributed by atoms with Crippen molar-refractivity contribution in [3.8, 4) is 0 Å². The van der Waals surface area contributed by atoms with E-state index in [9.17, 15) is 47.9 Å². The van der Waals surface area contributed by atoms with E-state index in [0.29, 0.717) is 51.6 Å². The van der Waals surface area contributed by atoms with Crippen LogP contribution in [0.25, 0.3) is 0 Å². The van der Waals surface area contributed by atoms with Crippen molar-refractivity contribution in [3.05, 3.63) is 35.6 Å². The first-order chi connectivity index (χ1) is 34.1. The van der Waals surface area contributed by atoms with Crippen LogP contribution in [0, 0.1) is 29.5 Å². The molecule has 2 fully saturated rings. The number of carbonyl (C=O) groups excluding carboxylic acids is 7. The Hall–Kier alpha value is -4.62. The van der Waals surface area contributed by atoms with Crippen LogP contribution in [-0.4, -0.2) is 167 Å². The van der Waals surface area contributed by atoms with Gasteiger partial charge in [0.15, 0.2) is 0 Å². The molecule has 2 saturated heterocycles. The second kappa shape index (κ2) is 29.9. The smallest absolute Gasteiger partial charge is 0.326 e. The Morgan fingerprint density at radius 1 is 0.889 bits per heavy atom. The molecule has 2 aliphatic heterocycles. The molecule has 17 nitrogen and oxygen atoms in total. The molecule has 0 saturated carbocycles. The molecule has 19 heteroatoms. The molecule has 72 heavy (non-hydrogen) atoms. The van der Waals surface area contributed by atoms with Gasteiger partial charge in [0.2, 0.25) is 41.4 Å². The number of hydrogen-bond acceptors (Lipinski definition) is 11. The average Bonchev–Trinajstić information content (AvgIpc) is 3.93. The maximum Gasteiger partial charge on any atom is 0.326 e. The van der Waals surface area contributed by atoms with E-state index in [-0.39, 0.29) is 83.8 Å². The van der Waals surface area contributed by atoms with Gasteiger partial charge in [0.25, 0.3) is 0 Å². The zero-order chi connectivity index (χ0) is 54.0. The van der Waals surface area contributed by atoms with E-state index in [0.717, 1.165) is 18.6 Å². The van der Waals surface area contributed by atoms with Gasteiger partial charge in [0.05, 0.1) is 41.9 Å². The number of hydrogen-bond donors (Lipinski definition) is 3. The third kappa shape index (κ3) is 16.7. The van der Waals surface area contributed by atoms with Gasteiger partial charge in [-0.2, -0.15) is 0 Å². The lowest BCUT2D eigenvalue weighted by Gasteiger charge is -2.41. The minimum atomic E-state index is -1.41. The number of nitrogens with zero attached hydrogens (tertiary/aromatic N) is 4. The molecule has 2 aliphatic rings. The molecule has 2 unspecified atom stereocenters. The minimum Gasteiger partial charge on any atom is -0.480 e. The standard InChI is InChI=1S/C53H85FN6O11S/c1-13-15-28-72-41-31-44(63)60(51(41)66)26-20-16-17-25-42(61)57(9)46(33(5)6)50(65)56-45(32(3)4)52(67)58(10)47(34(7)14-2)40(70-11)30-43(62)59-27-21-24-39(59)48(71-12)35(8)49(64)55-38(53(68)69)29-36-22-18-19-23-37(36)54/h18-19,22-23,32-35,38-41,45-48H,13-17,20-21,24-31H2,1-12H3,(H,55,64)(H,56,65)(H,68,69)/t34-,35+,38-,39-,40+,41?,45-,46?,47-,48+/m0/s1. The maximum absolute atomic E-state index is 14.6. The second-order valence-electron chi connectivity index (χ2n) is 20.3. The summed E-state index contributed by atoms with van der Waals surface area (Å²) in [5.41, 5.74) is 0.143. The third-order valence-corrected chi connectivity index (χ3v) is 15.8. The number of carboxylic acids is 1. The first-order valence-corrected chi connectivity index (χ1v) is 27.0. The zero-order valence-corrected chi connectivity index (χ0v) is 45.8. The summed E-state index contributed by atoms with van der Waals surface area (Å²) in [5, 5.41) is 15.1. The zero-order valence-electron chi connectivity index (χ0n) is 44.9. The number of unbranched alkanes of at least 4 members (excludes halogenated alkanes) is 3. The van der Waals surface area contributed by atoms with Crippen LogP contribution in [-0.2, 0) is 54.3 Å². The number of aliphatic carboxylic acids is 1. The van der Waals surface area contributed by atoms with E-state index in [2.05, 4.69) is 17.6 Å². The van der Waals surface area contributed by atoms with Crippen molar-refractivity contribution < 1.29 is 57.3 Å². The van der Waals surface area contributed by atoms with Crippen LogP contribution in [0.5, 0.6) is 0 Å². The Kier molecular flexibility index (Phi) is 25.6. The number of carboxylic acid groups (broad SMARTS) is 1. The molecule has 1 aromatic rings. The summed E-state index contributed by atoms with van der Waals surface area (Å²) < 4.78 is 26.3. The van der Waals surface area contributed by atoms with Gasteiger partial charge in [-0.3, -0.25) is 38.5 Å². The number of imide groups is 1. The van der Waals surface area contributed by atoms with E-state index in [1.165, 1.54) is 42.2 Å². The van der Waals surface area contributed by atoms with Crippen LogP contribution in [0.15, 0.2) is 24.3 Å². The highest BCUT2D eigenvalue weighted by Crippen LogP contribution is 2.31. The highest BCUT2D eigenvalue weighted by atomic mass is 32.2. The second-order valence-corrected chi connectivity index (χ2v) is 21.6. The molecule has 3 N–H and O–H groups in total. The van der Waals surface area contributed by atoms with Gasteiger partial charge in [-0.25, -0.2) is 9.18 Å². The number of thioether (sulfide) groups is 1. The van der Waals surface area contributed by atoms with Crippen molar-refractivity contribution in [3.63, 3.8) is 0 Å². The maximum atomic E-state index is 14.6. The quantitative estimate of drug-likeness (QED) is 0.0604. The lowest BCUT2D eigenvalue weighted by molar-refractivity contribution is -0.149. The molecule has 0 aliphatic carbocycles. The molecular formula is C53H85FN6O11S. The molecule has 0 radical (unpaired) electrons. The monoisotopic (exact) mass is 1030 g/mol. The number of rotatable bonds is 31. The molecule has 1 aromatic carbocycles. The largest absolute Gasteiger partial charge is 0.480 e. The van der Waals surface area contributed by atoms with E-state index < -0.39 is 71.9 Å². The van der Waals surface area contributed by atoms with Crippen molar-refractivity contribution in [2.24, 2.45) is 23.7 Å². The van der Waals surface area contributed by atoms with Gasteiger partial charge in [0.1, 0.15) is 23.9 Å². The Balaban J connectivity index is 1.68. The molecule has 0 spiro atoms. The van der Waals surface area contributed by atoms with Gasteiger partial charge in [0, 0.05) is 60.7 Å². The van der Waals surface area contributed by atoms with Gasteiger partial charge in [-0.15, -0.1) is 11.8 Å². The van der Waals surface area contributed by atoms with Crippen LogP contribution in [0.1, 0.15) is 132 Å². The number of methoxy groups -OCH3 is 2. The van der Waals surface area contributed by atoms with Gasteiger partial charge >= 0.3 is 5.97 Å². The first-order valence-electron chi connectivity index (χ1n) is 26.0. The number of likely N-dealkylation sites (N-methyl/N-ethyl adjacent to an activating group) is 2. The lowest BCUT2D eigenvalue weighted by atomic mass is 9.89. The number of amides is 7. The topological polar surface area (TPSA) is 212 Å². The minimum absolute atomic E-state index is 0.116. The number of benzene rings is 1. The SMILES string of the molecule is CCCCSC1CC(=O)N(CCCCCC(=O)N(C)C(C(=O)N[C@H](C(=O)N(C)[C@@H]([C@@H](C)CC)[C@@H](CC(=O)N2CCC[C@H]2[C@H](OC)[C@@H](C)C(=O)N[C@@H](Cc2ccccc2F)C(=O)O)OC)C(C)C)C(C)C)C1=O. The molecule has 406 valence electrons. The van der Waals surface area contributed by atoms with Crippen LogP contribution >= 0.6 is 11.8 Å². The fourth-order valence-electron chi connectivity index (χ4n) is 10.0. The summed E-state index contributed by atoms with van der Waals surface area (Å²) >= 11 is 1.54. The predicted octanol–water partition coefficient (Wildman–Crippen LogP) is 5.70. The molecule has 0 aromatic heterocycles. The van der Waals surface area contributed by atoms with E-state index in [1.54, 1.807) is 48.6 Å². The Morgan fingerprint density at radius 2 is 1.57 bits per heavy atom. The van der Waals surface area contributed by atoms with Crippen LogP contribution < -0.4 is 10.6 Å². The Labute approximate surface area is 431 Å². The molecule has 3 rings (SSSR count).